The Morgan fingerprint density at radius 1 is 1.29 bits per heavy atom. The Morgan fingerprint density at radius 3 is 2.90 bits per heavy atom. The fourth-order valence-corrected chi connectivity index (χ4v) is 3.97. The molecule has 1 N–H and O–H groups in total. The van der Waals surface area contributed by atoms with Crippen LogP contribution in [-0.2, 0) is 18.4 Å². The molecule has 1 aliphatic heterocycles. The van der Waals surface area contributed by atoms with E-state index in [2.05, 4.69) is 52.3 Å². The molecule has 1 atom stereocenters. The summed E-state index contributed by atoms with van der Waals surface area (Å²) in [6.45, 7) is 5.72. The lowest BCUT2D eigenvalue weighted by Crippen LogP contribution is -2.39. The van der Waals surface area contributed by atoms with E-state index >= 15 is 0 Å². The van der Waals surface area contributed by atoms with E-state index in [4.69, 9.17) is 0 Å². The Morgan fingerprint density at radius 2 is 2.10 bits per heavy atom. The van der Waals surface area contributed by atoms with Gasteiger partial charge in [-0.1, -0.05) is 31.2 Å². The second-order valence-electron chi connectivity index (χ2n) is 6.84. The lowest BCUT2D eigenvalue weighted by molar-refractivity contribution is 0.312. The number of nitrogens with one attached hydrogen (secondary N) is 1. The van der Waals surface area contributed by atoms with Crippen molar-refractivity contribution in [2.75, 3.05) is 13.1 Å². The van der Waals surface area contributed by atoms with Crippen LogP contribution in [-0.4, -0.2) is 22.6 Å². The number of fused-ring (bicyclic) bond motifs is 1. The number of piperidine rings is 1. The molecule has 1 aliphatic carbocycles. The SMILES string of the molecule is CC1(c2cncn2CC2Cc3ccccc32)CCNCC1. The minimum absolute atomic E-state index is 0.283. The zero-order valence-corrected chi connectivity index (χ0v) is 12.7. The fraction of sp³-hybridized carbons (Fsp3) is 0.500. The molecular formula is C18H23N3. The predicted octanol–water partition coefficient (Wildman–Crippen LogP) is 2.86. The summed E-state index contributed by atoms with van der Waals surface area (Å²) >= 11 is 0. The maximum absolute atomic E-state index is 4.45. The Kier molecular flexibility index (Phi) is 3.11. The summed E-state index contributed by atoms with van der Waals surface area (Å²) in [5, 5.41) is 3.47. The third-order valence-corrected chi connectivity index (χ3v) is 5.42. The van der Waals surface area contributed by atoms with Gasteiger partial charge >= 0.3 is 0 Å². The lowest BCUT2D eigenvalue weighted by Gasteiger charge is -2.36. The molecule has 1 unspecified atom stereocenters. The number of imidazole rings is 1. The maximum atomic E-state index is 4.45. The number of aromatic nitrogens is 2. The highest BCUT2D eigenvalue weighted by Gasteiger charge is 2.33. The molecule has 1 fully saturated rings. The second-order valence-corrected chi connectivity index (χ2v) is 6.84. The highest BCUT2D eigenvalue weighted by atomic mass is 15.1. The van der Waals surface area contributed by atoms with Crippen LogP contribution in [0.25, 0.3) is 0 Å². The van der Waals surface area contributed by atoms with Crippen molar-refractivity contribution >= 4 is 0 Å². The van der Waals surface area contributed by atoms with Crippen LogP contribution in [0.3, 0.4) is 0 Å². The maximum Gasteiger partial charge on any atom is 0.0948 e. The molecule has 2 aliphatic rings. The van der Waals surface area contributed by atoms with Gasteiger partial charge in [0.2, 0.25) is 0 Å². The van der Waals surface area contributed by atoms with Crippen molar-refractivity contribution < 1.29 is 0 Å². The summed E-state index contributed by atoms with van der Waals surface area (Å²) in [4.78, 5) is 4.45. The summed E-state index contributed by atoms with van der Waals surface area (Å²) in [7, 11) is 0. The van der Waals surface area contributed by atoms with Gasteiger partial charge in [-0.3, -0.25) is 0 Å². The van der Waals surface area contributed by atoms with Crippen LogP contribution in [0.15, 0.2) is 36.8 Å². The van der Waals surface area contributed by atoms with E-state index in [9.17, 15) is 0 Å². The van der Waals surface area contributed by atoms with Crippen molar-refractivity contribution in [1.29, 1.82) is 0 Å². The van der Waals surface area contributed by atoms with Gasteiger partial charge in [-0.05, 0) is 43.5 Å². The fourth-order valence-electron chi connectivity index (χ4n) is 3.97. The molecule has 1 aromatic heterocycles. The molecule has 0 bridgehead atoms. The number of nitrogens with zero attached hydrogens (tertiary/aromatic N) is 2. The smallest absolute Gasteiger partial charge is 0.0948 e. The number of hydrogen-bond acceptors (Lipinski definition) is 2. The Hall–Kier alpha value is -1.61. The van der Waals surface area contributed by atoms with E-state index in [1.807, 2.05) is 6.33 Å². The van der Waals surface area contributed by atoms with Crippen molar-refractivity contribution in [2.45, 2.75) is 44.1 Å². The van der Waals surface area contributed by atoms with Crippen molar-refractivity contribution in [3.05, 3.63) is 53.6 Å². The zero-order chi connectivity index (χ0) is 14.3. The van der Waals surface area contributed by atoms with E-state index in [-0.39, 0.29) is 5.41 Å². The molecule has 1 saturated heterocycles. The van der Waals surface area contributed by atoms with Gasteiger partial charge in [-0.25, -0.2) is 4.98 Å². The summed E-state index contributed by atoms with van der Waals surface area (Å²) in [6, 6.07) is 8.85. The van der Waals surface area contributed by atoms with E-state index in [0.29, 0.717) is 5.92 Å². The summed E-state index contributed by atoms with van der Waals surface area (Å²) in [5.74, 6) is 0.666. The molecule has 0 radical (unpaired) electrons. The largest absolute Gasteiger partial charge is 0.333 e. The molecule has 110 valence electrons. The van der Waals surface area contributed by atoms with E-state index in [1.54, 1.807) is 0 Å². The quantitative estimate of drug-likeness (QED) is 0.937. The van der Waals surface area contributed by atoms with Crippen LogP contribution in [0, 0.1) is 0 Å². The molecule has 3 heteroatoms. The molecule has 0 saturated carbocycles. The number of hydrogen-bond donors (Lipinski definition) is 1. The van der Waals surface area contributed by atoms with Crippen molar-refractivity contribution in [3.8, 4) is 0 Å². The van der Waals surface area contributed by atoms with Gasteiger partial charge in [-0.15, -0.1) is 0 Å². The van der Waals surface area contributed by atoms with E-state index in [0.717, 1.165) is 19.6 Å². The first-order chi connectivity index (χ1) is 10.3. The van der Waals surface area contributed by atoms with Gasteiger partial charge in [0.25, 0.3) is 0 Å². The highest BCUT2D eigenvalue weighted by Crippen LogP contribution is 2.38. The minimum Gasteiger partial charge on any atom is -0.333 e. The summed E-state index contributed by atoms with van der Waals surface area (Å²) < 4.78 is 2.41. The monoisotopic (exact) mass is 281 g/mol. The molecule has 21 heavy (non-hydrogen) atoms. The molecule has 2 heterocycles. The van der Waals surface area contributed by atoms with Gasteiger partial charge < -0.3 is 9.88 Å². The molecule has 4 rings (SSSR count). The van der Waals surface area contributed by atoms with Gasteiger partial charge in [0, 0.05) is 29.8 Å². The van der Waals surface area contributed by atoms with Gasteiger partial charge in [0.15, 0.2) is 0 Å². The van der Waals surface area contributed by atoms with Crippen molar-refractivity contribution in [2.24, 2.45) is 0 Å². The van der Waals surface area contributed by atoms with E-state index in [1.165, 1.54) is 36.1 Å². The predicted molar refractivity (Wildman–Crippen MR) is 84.6 cm³/mol. The third-order valence-electron chi connectivity index (χ3n) is 5.42. The molecule has 0 spiro atoms. The van der Waals surface area contributed by atoms with Gasteiger partial charge in [0.05, 0.1) is 6.33 Å². The molecule has 3 nitrogen and oxygen atoms in total. The van der Waals surface area contributed by atoms with E-state index < -0.39 is 0 Å². The third kappa shape index (κ3) is 2.20. The van der Waals surface area contributed by atoms with Crippen molar-refractivity contribution in [1.82, 2.24) is 14.9 Å². The number of benzene rings is 1. The number of rotatable bonds is 3. The second kappa shape index (κ2) is 4.99. The zero-order valence-electron chi connectivity index (χ0n) is 12.7. The van der Waals surface area contributed by atoms with Crippen LogP contribution >= 0.6 is 0 Å². The van der Waals surface area contributed by atoms with Gasteiger partial charge in [-0.2, -0.15) is 0 Å². The average Bonchev–Trinajstić information content (AvgIpc) is 2.95. The Balaban J connectivity index is 1.56. The van der Waals surface area contributed by atoms with Crippen LogP contribution in [0.5, 0.6) is 0 Å². The van der Waals surface area contributed by atoms with Crippen LogP contribution < -0.4 is 5.32 Å². The van der Waals surface area contributed by atoms with Crippen molar-refractivity contribution in [3.63, 3.8) is 0 Å². The van der Waals surface area contributed by atoms with Gasteiger partial charge in [0.1, 0.15) is 0 Å². The first-order valence-electron chi connectivity index (χ1n) is 8.05. The van der Waals surface area contributed by atoms with Crippen LogP contribution in [0.4, 0.5) is 0 Å². The summed E-state index contributed by atoms with van der Waals surface area (Å²) in [5.41, 5.74) is 4.77. The van der Waals surface area contributed by atoms with Crippen LogP contribution in [0.2, 0.25) is 0 Å². The molecule has 0 amide bonds. The standard InChI is InChI=1S/C18H23N3/c1-18(6-8-19-9-7-18)17-11-20-13-21(17)12-15-10-14-4-2-3-5-16(14)15/h2-5,11,13,15,19H,6-10,12H2,1H3. The molecule has 1 aromatic carbocycles. The first kappa shape index (κ1) is 13.1. The average molecular weight is 281 g/mol. The summed E-state index contributed by atoms with van der Waals surface area (Å²) in [6.07, 6.45) is 7.76. The molecule has 2 aromatic rings. The van der Waals surface area contributed by atoms with Crippen LogP contribution in [0.1, 0.15) is 42.5 Å². The minimum atomic E-state index is 0.283. The normalized spacial score (nSPS) is 23.4. The Labute approximate surface area is 126 Å². The Bertz CT molecular complexity index is 637. The first-order valence-corrected chi connectivity index (χ1v) is 8.05. The lowest BCUT2D eigenvalue weighted by atomic mass is 9.76. The highest BCUT2D eigenvalue weighted by molar-refractivity contribution is 5.39. The molecular weight excluding hydrogens is 258 g/mol. The topological polar surface area (TPSA) is 29.9 Å².